The highest BCUT2D eigenvalue weighted by Gasteiger charge is 2.24. The molecule has 4 rings (SSSR count). The van der Waals surface area contributed by atoms with Gasteiger partial charge in [-0.15, -0.1) is 0 Å². The van der Waals surface area contributed by atoms with E-state index >= 15 is 0 Å². The van der Waals surface area contributed by atoms with E-state index in [1.807, 2.05) is 11.8 Å². The Morgan fingerprint density at radius 3 is 2.57 bits per heavy atom. The maximum atomic E-state index is 6.07. The Balaban J connectivity index is 1.53. The van der Waals surface area contributed by atoms with E-state index in [9.17, 15) is 0 Å². The standard InChI is InChI=1S/C25H33N3S2/c1-18(2)12-15-28(19(3)17-27-13-6-7-14-27)25(29)20-10-11-24-22(16-20)26-21-8-4-5-9-23(21)30-24/h4-5,8-11,16,18-19,26H,6-7,12-15,17H2,1-3H3. The van der Waals surface area contributed by atoms with E-state index in [-0.39, 0.29) is 0 Å². The minimum Gasteiger partial charge on any atom is -0.358 e. The van der Waals surface area contributed by atoms with Crippen LogP contribution in [0.3, 0.4) is 0 Å². The van der Waals surface area contributed by atoms with Crippen molar-refractivity contribution in [1.82, 2.24) is 9.80 Å². The van der Waals surface area contributed by atoms with Crippen molar-refractivity contribution in [3.63, 3.8) is 0 Å². The van der Waals surface area contributed by atoms with Crippen LogP contribution in [0.4, 0.5) is 11.4 Å². The second-order valence-corrected chi connectivity index (χ2v) is 10.4. The molecule has 2 aliphatic heterocycles. The lowest BCUT2D eigenvalue weighted by atomic mass is 10.1. The molecular formula is C25H33N3S2. The predicted octanol–water partition coefficient (Wildman–Crippen LogP) is 6.40. The van der Waals surface area contributed by atoms with Crippen LogP contribution in [-0.4, -0.2) is 47.0 Å². The van der Waals surface area contributed by atoms with Gasteiger partial charge < -0.3 is 15.1 Å². The Morgan fingerprint density at radius 1 is 1.07 bits per heavy atom. The van der Waals surface area contributed by atoms with Crippen molar-refractivity contribution < 1.29 is 0 Å². The minimum atomic E-state index is 0.424. The normalized spacial score (nSPS) is 16.7. The summed E-state index contributed by atoms with van der Waals surface area (Å²) in [5.41, 5.74) is 3.49. The third-order valence-corrected chi connectivity index (χ3v) is 7.69. The molecule has 0 saturated carbocycles. The molecule has 1 N–H and O–H groups in total. The number of nitrogens with one attached hydrogen (secondary N) is 1. The molecule has 1 unspecified atom stereocenters. The Labute approximate surface area is 191 Å². The van der Waals surface area contributed by atoms with Gasteiger partial charge in [0.2, 0.25) is 0 Å². The fraction of sp³-hybridized carbons (Fsp3) is 0.480. The Bertz CT molecular complexity index is 890. The zero-order valence-corrected chi connectivity index (χ0v) is 20.0. The maximum absolute atomic E-state index is 6.07. The van der Waals surface area contributed by atoms with Gasteiger partial charge in [-0.3, -0.25) is 0 Å². The summed E-state index contributed by atoms with van der Waals surface area (Å²) >= 11 is 7.89. The summed E-state index contributed by atoms with van der Waals surface area (Å²) in [6.45, 7) is 11.5. The van der Waals surface area contributed by atoms with Gasteiger partial charge in [0.05, 0.1) is 11.4 Å². The fourth-order valence-corrected chi connectivity index (χ4v) is 5.66. The molecule has 30 heavy (non-hydrogen) atoms. The van der Waals surface area contributed by atoms with E-state index in [0.29, 0.717) is 12.0 Å². The van der Waals surface area contributed by atoms with Crippen molar-refractivity contribution in [2.75, 3.05) is 31.5 Å². The van der Waals surface area contributed by atoms with Crippen LogP contribution in [0.25, 0.3) is 0 Å². The Kier molecular flexibility index (Phi) is 7.01. The molecule has 0 radical (unpaired) electrons. The van der Waals surface area contributed by atoms with Crippen molar-refractivity contribution in [2.24, 2.45) is 5.92 Å². The smallest absolute Gasteiger partial charge is 0.109 e. The van der Waals surface area contributed by atoms with Crippen LogP contribution < -0.4 is 5.32 Å². The van der Waals surface area contributed by atoms with Crippen molar-refractivity contribution >= 4 is 40.3 Å². The second-order valence-electron chi connectivity index (χ2n) is 8.97. The van der Waals surface area contributed by atoms with E-state index in [1.54, 1.807) is 0 Å². The first kappa shape index (κ1) is 21.7. The number of thiocarbonyl (C=S) groups is 1. The number of hydrogen-bond donors (Lipinski definition) is 1. The molecule has 0 amide bonds. The highest BCUT2D eigenvalue weighted by molar-refractivity contribution is 7.99. The Hall–Kier alpha value is -1.56. The molecule has 1 atom stereocenters. The molecule has 0 aliphatic carbocycles. The summed E-state index contributed by atoms with van der Waals surface area (Å²) in [5, 5.41) is 3.61. The highest BCUT2D eigenvalue weighted by Crippen LogP contribution is 2.44. The SMILES string of the molecule is CC(C)CCN(C(=S)c1ccc2c(c1)Nc1ccccc1S2)C(C)CN1CCCC1. The number of rotatable bonds is 7. The van der Waals surface area contributed by atoms with Crippen LogP contribution in [0, 0.1) is 5.92 Å². The molecule has 0 aromatic heterocycles. The van der Waals surface area contributed by atoms with Crippen molar-refractivity contribution in [3.05, 3.63) is 48.0 Å². The van der Waals surface area contributed by atoms with Crippen molar-refractivity contribution in [2.45, 2.75) is 55.9 Å². The van der Waals surface area contributed by atoms with Gasteiger partial charge in [0, 0.05) is 34.5 Å². The lowest BCUT2D eigenvalue weighted by Crippen LogP contribution is -2.45. The van der Waals surface area contributed by atoms with Crippen molar-refractivity contribution in [1.29, 1.82) is 0 Å². The number of fused-ring (bicyclic) bond motifs is 2. The van der Waals surface area contributed by atoms with E-state index in [4.69, 9.17) is 12.2 Å². The maximum Gasteiger partial charge on any atom is 0.109 e. The van der Waals surface area contributed by atoms with Gasteiger partial charge in [0.25, 0.3) is 0 Å². The van der Waals surface area contributed by atoms with Crippen molar-refractivity contribution in [3.8, 4) is 0 Å². The summed E-state index contributed by atoms with van der Waals surface area (Å²) in [4.78, 5) is 8.59. The number of likely N-dealkylation sites (tertiary alicyclic amines) is 1. The first-order chi connectivity index (χ1) is 14.5. The van der Waals surface area contributed by atoms with E-state index in [0.717, 1.165) is 35.7 Å². The summed E-state index contributed by atoms with van der Waals surface area (Å²) in [6.07, 6.45) is 3.83. The van der Waals surface area contributed by atoms with E-state index < -0.39 is 0 Å². The zero-order valence-electron chi connectivity index (χ0n) is 18.4. The van der Waals surface area contributed by atoms with Crippen LogP contribution in [-0.2, 0) is 0 Å². The molecule has 160 valence electrons. The van der Waals surface area contributed by atoms with Crippen LogP contribution in [0.5, 0.6) is 0 Å². The summed E-state index contributed by atoms with van der Waals surface area (Å²) in [5.74, 6) is 0.674. The number of anilines is 2. The van der Waals surface area contributed by atoms with Crippen LogP contribution in [0.1, 0.15) is 45.6 Å². The molecule has 2 heterocycles. The average molecular weight is 440 g/mol. The molecule has 5 heteroatoms. The lowest BCUT2D eigenvalue weighted by molar-refractivity contribution is 0.227. The van der Waals surface area contributed by atoms with Gasteiger partial charge in [-0.2, -0.15) is 0 Å². The molecule has 2 aromatic carbocycles. The molecular weight excluding hydrogens is 406 g/mol. The van der Waals surface area contributed by atoms with Crippen LogP contribution in [0.15, 0.2) is 52.3 Å². The number of benzene rings is 2. The molecule has 2 aliphatic rings. The van der Waals surface area contributed by atoms with Gasteiger partial charge >= 0.3 is 0 Å². The zero-order chi connectivity index (χ0) is 21.1. The third-order valence-electron chi connectivity index (χ3n) is 6.06. The van der Waals surface area contributed by atoms with Gasteiger partial charge in [-0.05, 0) is 69.5 Å². The molecule has 0 spiro atoms. The second kappa shape index (κ2) is 9.71. The summed E-state index contributed by atoms with van der Waals surface area (Å²) in [7, 11) is 0. The number of hydrogen-bond acceptors (Lipinski definition) is 4. The minimum absolute atomic E-state index is 0.424. The first-order valence-electron chi connectivity index (χ1n) is 11.2. The number of nitrogens with zero attached hydrogens (tertiary/aromatic N) is 2. The predicted molar refractivity (Wildman–Crippen MR) is 133 cm³/mol. The monoisotopic (exact) mass is 439 g/mol. The quantitative estimate of drug-likeness (QED) is 0.428. The van der Waals surface area contributed by atoms with Gasteiger partial charge in [-0.25, -0.2) is 0 Å². The van der Waals surface area contributed by atoms with Gasteiger partial charge in [0.15, 0.2) is 0 Å². The molecule has 1 saturated heterocycles. The topological polar surface area (TPSA) is 18.5 Å². The van der Waals surface area contributed by atoms with E-state index in [2.05, 4.69) is 78.4 Å². The molecule has 2 aromatic rings. The molecule has 3 nitrogen and oxygen atoms in total. The largest absolute Gasteiger partial charge is 0.358 e. The van der Waals surface area contributed by atoms with Gasteiger partial charge in [0.1, 0.15) is 4.99 Å². The van der Waals surface area contributed by atoms with E-state index in [1.165, 1.54) is 41.4 Å². The Morgan fingerprint density at radius 2 is 1.80 bits per heavy atom. The molecule has 1 fully saturated rings. The van der Waals surface area contributed by atoms with Gasteiger partial charge in [-0.1, -0.05) is 56.0 Å². The first-order valence-corrected chi connectivity index (χ1v) is 12.4. The number of para-hydroxylation sites is 1. The third kappa shape index (κ3) is 5.01. The lowest BCUT2D eigenvalue weighted by Gasteiger charge is -2.35. The molecule has 0 bridgehead atoms. The summed E-state index contributed by atoms with van der Waals surface area (Å²) < 4.78 is 0. The highest BCUT2D eigenvalue weighted by atomic mass is 32.2. The summed E-state index contributed by atoms with van der Waals surface area (Å²) in [6, 6.07) is 15.6. The fourth-order valence-electron chi connectivity index (χ4n) is 4.29. The van der Waals surface area contributed by atoms with Crippen LogP contribution in [0.2, 0.25) is 0 Å². The average Bonchev–Trinajstić information content (AvgIpc) is 3.24. The van der Waals surface area contributed by atoms with Crippen LogP contribution >= 0.6 is 24.0 Å².